The average Bonchev–Trinajstić information content (AvgIpc) is 3.71. The van der Waals surface area contributed by atoms with Crippen LogP contribution in [0.2, 0.25) is 0 Å². The molecule has 33 heavy (non-hydrogen) atoms. The number of allylic oxidation sites excluding steroid dienone is 5. The highest BCUT2D eigenvalue weighted by Crippen LogP contribution is 2.42. The summed E-state index contributed by atoms with van der Waals surface area (Å²) in [7, 11) is 0. The van der Waals surface area contributed by atoms with Gasteiger partial charge in [0.05, 0.1) is 6.61 Å². The Balaban J connectivity index is 1.10. The van der Waals surface area contributed by atoms with Crippen molar-refractivity contribution in [2.24, 2.45) is 29.6 Å². The van der Waals surface area contributed by atoms with Crippen molar-refractivity contribution in [2.45, 2.75) is 76.2 Å². The maximum absolute atomic E-state index is 14.6. The fourth-order valence-electron chi connectivity index (χ4n) is 6.56. The van der Waals surface area contributed by atoms with E-state index in [0.29, 0.717) is 29.6 Å². The minimum atomic E-state index is -0.727. The molecule has 2 saturated carbocycles. The van der Waals surface area contributed by atoms with Crippen LogP contribution in [-0.4, -0.2) is 6.61 Å². The third-order valence-corrected chi connectivity index (χ3v) is 8.89. The second-order valence-corrected chi connectivity index (χ2v) is 10.9. The van der Waals surface area contributed by atoms with Crippen molar-refractivity contribution in [1.82, 2.24) is 0 Å². The molecular weight excluding hydrogens is 414 g/mol. The van der Waals surface area contributed by atoms with Crippen LogP contribution >= 0.6 is 0 Å². The molecule has 0 N–H and O–H groups in total. The van der Waals surface area contributed by atoms with Gasteiger partial charge in [-0.25, -0.2) is 8.78 Å². The molecule has 0 radical (unpaired) electrons. The third kappa shape index (κ3) is 5.34. The lowest BCUT2D eigenvalue weighted by atomic mass is 9.69. The number of benzene rings is 1. The summed E-state index contributed by atoms with van der Waals surface area (Å²) in [6, 6.07) is 3.45. The predicted molar refractivity (Wildman–Crippen MR) is 130 cm³/mol. The maximum atomic E-state index is 14.6. The van der Waals surface area contributed by atoms with Crippen molar-refractivity contribution in [1.29, 1.82) is 0 Å². The van der Waals surface area contributed by atoms with Gasteiger partial charge in [0, 0.05) is 11.5 Å². The van der Waals surface area contributed by atoms with E-state index < -0.39 is 11.6 Å². The van der Waals surface area contributed by atoms with Gasteiger partial charge in [0.1, 0.15) is 6.10 Å². The molecule has 0 spiro atoms. The van der Waals surface area contributed by atoms with E-state index in [1.54, 1.807) is 12.1 Å². The van der Waals surface area contributed by atoms with Gasteiger partial charge in [-0.1, -0.05) is 42.5 Å². The Hall–Kier alpha value is -1.74. The van der Waals surface area contributed by atoms with Crippen LogP contribution in [0.25, 0.3) is 0 Å². The van der Waals surface area contributed by atoms with Gasteiger partial charge in [-0.3, -0.25) is 0 Å². The largest absolute Gasteiger partial charge is 0.368 e. The van der Waals surface area contributed by atoms with Crippen molar-refractivity contribution in [3.8, 4) is 0 Å². The molecule has 0 bridgehead atoms. The molecule has 3 heteroatoms. The highest BCUT2D eigenvalue weighted by molar-refractivity contribution is 5.34. The number of hydrogen-bond acceptors (Lipinski definition) is 1. The van der Waals surface area contributed by atoms with E-state index in [0.717, 1.165) is 30.6 Å². The number of halogens is 2. The Kier molecular flexibility index (Phi) is 7.16. The van der Waals surface area contributed by atoms with Crippen LogP contribution in [0.15, 0.2) is 49.1 Å². The van der Waals surface area contributed by atoms with Crippen molar-refractivity contribution < 1.29 is 13.5 Å². The molecule has 3 fully saturated rings. The Labute approximate surface area is 198 Å². The minimum Gasteiger partial charge on any atom is -0.368 e. The topological polar surface area (TPSA) is 12.5 Å². The molecular formula is C30H38F2O. The molecule has 1 nitrogen and oxygen atoms in total. The highest BCUT2D eigenvalue weighted by atomic mass is 19.2. The Morgan fingerprint density at radius 3 is 1.91 bits per heavy atom. The van der Waals surface area contributed by atoms with Crippen LogP contribution in [0.3, 0.4) is 0 Å². The minimum absolute atomic E-state index is 0.0371. The van der Waals surface area contributed by atoms with Crippen LogP contribution in [-0.2, 0) is 4.74 Å². The molecule has 1 heterocycles. The first-order valence-electron chi connectivity index (χ1n) is 13.2. The van der Waals surface area contributed by atoms with Gasteiger partial charge in [-0.2, -0.15) is 0 Å². The number of rotatable bonds is 6. The second kappa shape index (κ2) is 10.3. The first kappa shape index (κ1) is 23.0. The zero-order valence-corrected chi connectivity index (χ0v) is 19.7. The molecule has 1 saturated heterocycles. The molecule has 3 aliphatic carbocycles. The van der Waals surface area contributed by atoms with E-state index in [2.05, 4.69) is 37.0 Å². The summed E-state index contributed by atoms with van der Waals surface area (Å²) >= 11 is 0. The zero-order chi connectivity index (χ0) is 22.8. The van der Waals surface area contributed by atoms with Gasteiger partial charge in [0.15, 0.2) is 11.6 Å². The molecule has 3 atom stereocenters. The van der Waals surface area contributed by atoms with Gasteiger partial charge < -0.3 is 4.74 Å². The average molecular weight is 453 g/mol. The monoisotopic (exact) mass is 452 g/mol. The van der Waals surface area contributed by atoms with E-state index in [4.69, 9.17) is 4.74 Å². The molecule has 1 aromatic rings. The lowest BCUT2D eigenvalue weighted by molar-refractivity contribution is 0.166. The van der Waals surface area contributed by atoms with Crippen molar-refractivity contribution in [3.63, 3.8) is 0 Å². The summed E-state index contributed by atoms with van der Waals surface area (Å²) in [5.74, 6) is 2.31. The van der Waals surface area contributed by atoms with E-state index in [9.17, 15) is 8.78 Å². The van der Waals surface area contributed by atoms with Crippen LogP contribution in [0, 0.1) is 41.2 Å². The van der Waals surface area contributed by atoms with E-state index in [-0.39, 0.29) is 12.0 Å². The number of epoxide rings is 1. The molecule has 0 amide bonds. The first-order chi connectivity index (χ1) is 16.1. The second-order valence-electron chi connectivity index (χ2n) is 10.9. The van der Waals surface area contributed by atoms with Gasteiger partial charge in [0.25, 0.3) is 0 Å². The van der Waals surface area contributed by atoms with E-state index >= 15 is 0 Å². The summed E-state index contributed by atoms with van der Waals surface area (Å²) in [6.45, 7) is 4.47. The van der Waals surface area contributed by atoms with Crippen LogP contribution in [0.4, 0.5) is 8.78 Å². The van der Waals surface area contributed by atoms with Crippen LogP contribution in [0.5, 0.6) is 0 Å². The smallest absolute Gasteiger partial charge is 0.165 e. The lowest BCUT2D eigenvalue weighted by Crippen LogP contribution is -2.25. The molecule has 4 aliphatic rings. The van der Waals surface area contributed by atoms with Gasteiger partial charge in [-0.15, -0.1) is 6.58 Å². The SMILES string of the molecule is C=CC1CCC(C2CCC(/C=C/C3C=CC(c4ccc(C5CO5)c(F)c4F)CC3)CC2)CC1. The van der Waals surface area contributed by atoms with E-state index in [1.807, 2.05) is 0 Å². The predicted octanol–water partition coefficient (Wildman–Crippen LogP) is 8.44. The van der Waals surface area contributed by atoms with Gasteiger partial charge >= 0.3 is 0 Å². The van der Waals surface area contributed by atoms with Crippen LogP contribution in [0.1, 0.15) is 87.4 Å². The summed E-state index contributed by atoms with van der Waals surface area (Å²) < 4.78 is 34.2. The molecule has 1 aromatic carbocycles. The molecule has 0 aromatic heterocycles. The van der Waals surface area contributed by atoms with Gasteiger partial charge in [0.2, 0.25) is 0 Å². The summed E-state index contributed by atoms with van der Waals surface area (Å²) in [5, 5.41) is 0. The summed E-state index contributed by atoms with van der Waals surface area (Å²) in [5.41, 5.74) is 0.840. The normalized spacial score (nSPS) is 36.7. The molecule has 5 rings (SSSR count). The molecule has 3 unspecified atom stereocenters. The Morgan fingerprint density at radius 2 is 1.33 bits per heavy atom. The zero-order valence-electron chi connectivity index (χ0n) is 19.7. The summed E-state index contributed by atoms with van der Waals surface area (Å²) in [6.07, 6.45) is 23.8. The molecule has 1 aliphatic heterocycles. The maximum Gasteiger partial charge on any atom is 0.165 e. The number of ether oxygens (including phenoxy) is 1. The fraction of sp³-hybridized carbons (Fsp3) is 0.600. The van der Waals surface area contributed by atoms with Crippen molar-refractivity contribution in [2.75, 3.05) is 6.61 Å². The quantitative estimate of drug-likeness (QED) is 0.312. The first-order valence-corrected chi connectivity index (χ1v) is 13.2. The van der Waals surface area contributed by atoms with Crippen LogP contribution < -0.4 is 0 Å². The lowest BCUT2D eigenvalue weighted by Gasteiger charge is -2.37. The molecule has 178 valence electrons. The fourth-order valence-corrected chi connectivity index (χ4v) is 6.56. The standard InChI is InChI=1S/C30H38F2O/c1-2-20-5-11-23(12-6-20)24-13-7-21(8-14-24)3-4-22-9-15-25(16-10-22)26-17-18-27(28-19-33-28)30(32)29(26)31/h2-4,9,15,17-18,20-25,28H,1,5-8,10-14,16,19H2/b4-3+. The third-order valence-electron chi connectivity index (χ3n) is 8.89. The number of hydrogen-bond donors (Lipinski definition) is 0. The van der Waals surface area contributed by atoms with Gasteiger partial charge in [-0.05, 0) is 99.4 Å². The van der Waals surface area contributed by atoms with Crippen molar-refractivity contribution >= 4 is 0 Å². The Morgan fingerprint density at radius 1 is 0.727 bits per heavy atom. The highest BCUT2D eigenvalue weighted by Gasteiger charge is 2.32. The van der Waals surface area contributed by atoms with E-state index in [1.165, 1.54) is 51.4 Å². The Bertz CT molecular complexity index is 883. The summed E-state index contributed by atoms with van der Waals surface area (Å²) in [4.78, 5) is 0. The van der Waals surface area contributed by atoms with Crippen molar-refractivity contribution in [3.05, 3.63) is 71.9 Å².